The van der Waals surface area contributed by atoms with E-state index in [9.17, 15) is 4.79 Å². The van der Waals surface area contributed by atoms with Crippen molar-refractivity contribution in [3.05, 3.63) is 12.2 Å². The number of unbranched alkanes of at least 4 members (excludes halogenated alkanes) is 1. The van der Waals surface area contributed by atoms with E-state index in [1.807, 2.05) is 11.8 Å². The lowest BCUT2D eigenvalue weighted by Gasteiger charge is -2.42. The maximum absolute atomic E-state index is 14.6. The second-order valence-corrected chi connectivity index (χ2v) is 28.8. The molecule has 9 unspecified atom stereocenters. The molecule has 2 heteroatoms. The summed E-state index contributed by atoms with van der Waals surface area (Å²) in [6.07, 6.45) is 68.9. The van der Waals surface area contributed by atoms with Crippen LogP contribution in [-0.2, 0) is 4.79 Å². The summed E-state index contributed by atoms with van der Waals surface area (Å²) in [5.74, 6) is 9.51. The molecular formula is C68H122OS. The molecular weight excluding hydrogens is 865 g/mol. The van der Waals surface area contributed by atoms with Crippen molar-refractivity contribution in [2.24, 2.45) is 70.0 Å². The Morgan fingerprint density at radius 1 is 0.571 bits per heavy atom. The van der Waals surface area contributed by atoms with Crippen LogP contribution in [0.5, 0.6) is 0 Å². The smallest absolute Gasteiger partial charge is 0.192 e. The Morgan fingerprint density at radius 2 is 1.11 bits per heavy atom. The summed E-state index contributed by atoms with van der Waals surface area (Å²) < 4.78 is 0. The zero-order chi connectivity index (χ0) is 49.3. The quantitative estimate of drug-likeness (QED) is 0.152. The molecule has 1 aliphatic heterocycles. The van der Waals surface area contributed by atoms with Gasteiger partial charge in [0.25, 0.3) is 0 Å². The van der Waals surface area contributed by atoms with Gasteiger partial charge in [0.2, 0.25) is 0 Å². The molecule has 0 aromatic carbocycles. The highest BCUT2D eigenvalue weighted by Gasteiger charge is 2.38. The molecule has 10 atom stereocenters. The third kappa shape index (κ3) is 21.1. The fraction of sp³-hybridized carbons (Fsp3) is 0.956. The van der Waals surface area contributed by atoms with Crippen molar-refractivity contribution in [3.8, 4) is 0 Å². The molecule has 1 spiro atoms. The lowest BCUT2D eigenvalue weighted by molar-refractivity contribution is -0.114. The number of thioether (sulfide) groups is 1. The molecule has 0 aromatic rings. The van der Waals surface area contributed by atoms with Gasteiger partial charge in [0.1, 0.15) is 0 Å². The number of fused-ring (bicyclic) bond motifs is 10. The van der Waals surface area contributed by atoms with Gasteiger partial charge < -0.3 is 0 Å². The molecule has 6 rings (SSSR count). The standard InChI is InChI=1S/C68H122OS/c1-6-8-44-67(46-22-30-58(31-23-47-67)29-17-26-57(5)43-42-55(3)7-2)48-24-32-59-33-25-50-68-45-16-11-9-10-13-36-64-52-65-41-20-40-63(66(69)70-54-60(51-59)53-68)39-19-38-62(65)35-15-12-14-34-61(64)37-18-27-56(4)28-21-49-68/h55-56,58-65H,5-54H2,1-4H3/t55-,56?,58?,59?,60?,61?,62?,63?,64?,65?,67?,68?/m0/s1. The Labute approximate surface area is 443 Å². The molecule has 1 saturated heterocycles. The van der Waals surface area contributed by atoms with Crippen LogP contribution in [0.4, 0.5) is 0 Å². The highest BCUT2D eigenvalue weighted by atomic mass is 32.2. The molecule has 406 valence electrons. The van der Waals surface area contributed by atoms with E-state index >= 15 is 0 Å². The zero-order valence-electron chi connectivity index (χ0n) is 47.9. The number of hydrogen-bond acceptors (Lipinski definition) is 2. The van der Waals surface area contributed by atoms with E-state index in [-0.39, 0.29) is 0 Å². The Kier molecular flexibility index (Phi) is 27.8. The Bertz CT molecular complexity index is 1390. The van der Waals surface area contributed by atoms with Gasteiger partial charge in [0.15, 0.2) is 5.12 Å². The molecule has 0 aromatic heterocycles. The van der Waals surface area contributed by atoms with Crippen LogP contribution < -0.4 is 0 Å². The van der Waals surface area contributed by atoms with E-state index in [2.05, 4.69) is 34.3 Å². The Balaban J connectivity index is 1.12. The molecule has 0 amide bonds. The minimum absolute atomic E-state index is 0.321. The lowest BCUT2D eigenvalue weighted by Crippen LogP contribution is -2.30. The summed E-state index contributed by atoms with van der Waals surface area (Å²) in [6, 6.07) is 0. The van der Waals surface area contributed by atoms with Crippen LogP contribution in [0.1, 0.15) is 336 Å². The summed E-state index contributed by atoms with van der Waals surface area (Å²) in [6.45, 7) is 14.3. The van der Waals surface area contributed by atoms with Crippen LogP contribution in [0.3, 0.4) is 0 Å². The van der Waals surface area contributed by atoms with E-state index in [0.29, 0.717) is 21.9 Å². The number of allylic oxidation sites excluding steroid dienone is 1. The van der Waals surface area contributed by atoms with Gasteiger partial charge >= 0.3 is 0 Å². The van der Waals surface area contributed by atoms with Crippen molar-refractivity contribution in [2.75, 3.05) is 5.75 Å². The topological polar surface area (TPSA) is 17.1 Å². The van der Waals surface area contributed by atoms with Crippen molar-refractivity contribution in [2.45, 2.75) is 336 Å². The van der Waals surface area contributed by atoms with Crippen molar-refractivity contribution >= 4 is 16.9 Å². The van der Waals surface area contributed by atoms with E-state index < -0.39 is 0 Å². The van der Waals surface area contributed by atoms with Gasteiger partial charge in [-0.3, -0.25) is 4.79 Å². The van der Waals surface area contributed by atoms with Gasteiger partial charge in [-0.1, -0.05) is 257 Å². The van der Waals surface area contributed by atoms with Gasteiger partial charge in [-0.15, -0.1) is 0 Å². The summed E-state index contributed by atoms with van der Waals surface area (Å²) in [5.41, 5.74) is 2.64. The molecule has 0 radical (unpaired) electrons. The molecule has 5 saturated carbocycles. The predicted octanol–water partition coefficient (Wildman–Crippen LogP) is 22.8. The average molecular weight is 988 g/mol. The SMILES string of the molecule is C=C(CCCC1CCCC(CCCC)(CCCC2CCCC34CCCCCCCC5CC6CCCC(CCCC6CCCCCC5CCCC(C)CCC3)C(=O)SCC(C2)C4)CCC1)CC[C@@H](C)CC. The van der Waals surface area contributed by atoms with Crippen molar-refractivity contribution in [3.63, 3.8) is 0 Å². The van der Waals surface area contributed by atoms with Crippen molar-refractivity contribution in [1.82, 2.24) is 0 Å². The zero-order valence-corrected chi connectivity index (χ0v) is 48.8. The van der Waals surface area contributed by atoms with Gasteiger partial charge in [-0.05, 0) is 167 Å². The number of hydrogen-bond donors (Lipinski definition) is 0. The molecule has 0 N–H and O–H groups in total. The van der Waals surface area contributed by atoms with Crippen LogP contribution in [0, 0.1) is 70.0 Å². The minimum atomic E-state index is 0.321. The molecule has 5 aliphatic carbocycles. The number of carbonyl (C=O) groups excluding carboxylic acids is 1. The number of carbonyl (C=O) groups is 1. The van der Waals surface area contributed by atoms with E-state index in [0.717, 1.165) is 59.0 Å². The summed E-state index contributed by atoms with van der Waals surface area (Å²) in [4.78, 5) is 14.6. The van der Waals surface area contributed by atoms with Gasteiger partial charge in [0, 0.05) is 11.7 Å². The summed E-state index contributed by atoms with van der Waals surface area (Å²) >= 11 is 1.88. The Morgan fingerprint density at radius 3 is 1.83 bits per heavy atom. The second kappa shape index (κ2) is 33.0. The minimum Gasteiger partial charge on any atom is -0.287 e. The first-order chi connectivity index (χ1) is 34.2. The fourth-order valence-corrected chi connectivity index (χ4v) is 18.5. The van der Waals surface area contributed by atoms with E-state index in [4.69, 9.17) is 0 Å². The van der Waals surface area contributed by atoms with Gasteiger partial charge in [-0.2, -0.15) is 0 Å². The van der Waals surface area contributed by atoms with E-state index in [1.54, 1.807) is 0 Å². The third-order valence-electron chi connectivity index (χ3n) is 22.2. The lowest BCUT2D eigenvalue weighted by atomic mass is 9.65. The van der Waals surface area contributed by atoms with Crippen molar-refractivity contribution in [1.29, 1.82) is 0 Å². The maximum Gasteiger partial charge on any atom is 0.192 e. The summed E-state index contributed by atoms with van der Waals surface area (Å²) in [7, 11) is 0. The molecule has 5 bridgehead atoms. The Hall–Kier alpha value is -0.240. The normalized spacial score (nSPS) is 36.2. The first-order valence-corrected chi connectivity index (χ1v) is 34.0. The molecule has 70 heavy (non-hydrogen) atoms. The highest BCUT2D eigenvalue weighted by molar-refractivity contribution is 8.13. The van der Waals surface area contributed by atoms with Crippen LogP contribution >= 0.6 is 11.8 Å². The molecule has 6 fully saturated rings. The van der Waals surface area contributed by atoms with Crippen LogP contribution in [0.25, 0.3) is 0 Å². The van der Waals surface area contributed by atoms with Crippen LogP contribution in [0.2, 0.25) is 0 Å². The average Bonchev–Trinajstić information content (AvgIpc) is 3.43. The summed E-state index contributed by atoms with van der Waals surface area (Å²) in [5, 5.41) is 0.621. The largest absolute Gasteiger partial charge is 0.287 e. The van der Waals surface area contributed by atoms with Crippen LogP contribution in [-0.4, -0.2) is 10.9 Å². The van der Waals surface area contributed by atoms with E-state index in [1.165, 1.54) is 314 Å². The first-order valence-electron chi connectivity index (χ1n) is 33.0. The third-order valence-corrected chi connectivity index (χ3v) is 23.4. The second-order valence-electron chi connectivity index (χ2n) is 27.7. The van der Waals surface area contributed by atoms with Gasteiger partial charge in [0.05, 0.1) is 0 Å². The fourth-order valence-electron chi connectivity index (χ4n) is 17.4. The highest BCUT2D eigenvalue weighted by Crippen LogP contribution is 2.50. The molecule has 6 aliphatic rings. The van der Waals surface area contributed by atoms with Gasteiger partial charge in [-0.25, -0.2) is 0 Å². The van der Waals surface area contributed by atoms with Crippen molar-refractivity contribution < 1.29 is 4.79 Å². The predicted molar refractivity (Wildman–Crippen MR) is 311 cm³/mol. The maximum atomic E-state index is 14.6. The molecule has 1 heterocycles. The first kappa shape index (κ1) is 59.0. The molecule has 1 nitrogen and oxygen atoms in total. The monoisotopic (exact) mass is 987 g/mol. The van der Waals surface area contributed by atoms with Crippen LogP contribution in [0.15, 0.2) is 12.2 Å². The number of rotatable bonds is 15.